The molecular weight excluding hydrogens is 388 g/mol. The minimum atomic E-state index is -0.747. The first-order valence-electron chi connectivity index (χ1n) is 9.77. The summed E-state index contributed by atoms with van der Waals surface area (Å²) in [5.74, 6) is 0.342. The van der Waals surface area contributed by atoms with E-state index in [4.69, 9.17) is 9.47 Å². The van der Waals surface area contributed by atoms with Crippen LogP contribution in [0.3, 0.4) is 0 Å². The van der Waals surface area contributed by atoms with Gasteiger partial charge >= 0.3 is 5.97 Å². The Morgan fingerprint density at radius 1 is 1.17 bits per heavy atom. The summed E-state index contributed by atoms with van der Waals surface area (Å²) in [7, 11) is 0. The highest BCUT2D eigenvalue weighted by molar-refractivity contribution is 7.17. The average Bonchev–Trinajstić information content (AvgIpc) is 3.12. The largest absolute Gasteiger partial charge is 0.491 e. The minimum Gasteiger partial charge on any atom is -0.491 e. The van der Waals surface area contributed by atoms with Crippen molar-refractivity contribution in [1.82, 2.24) is 9.55 Å². The molecule has 2 heterocycles. The maximum absolute atomic E-state index is 13.2. The lowest BCUT2D eigenvalue weighted by Gasteiger charge is -2.17. The van der Waals surface area contributed by atoms with Gasteiger partial charge in [0.1, 0.15) is 16.6 Å². The summed E-state index contributed by atoms with van der Waals surface area (Å²) in [6.07, 6.45) is 2.04. The second kappa shape index (κ2) is 8.78. The van der Waals surface area contributed by atoms with Gasteiger partial charge in [-0.05, 0) is 51.8 Å². The number of fused-ring (bicyclic) bond motifs is 1. The van der Waals surface area contributed by atoms with Gasteiger partial charge in [-0.25, -0.2) is 9.78 Å². The lowest BCUT2D eigenvalue weighted by atomic mass is 10.1. The second-order valence-electron chi connectivity index (χ2n) is 7.31. The van der Waals surface area contributed by atoms with Crippen LogP contribution in [0.15, 0.2) is 40.8 Å². The van der Waals surface area contributed by atoms with Crippen LogP contribution < -0.4 is 10.3 Å². The van der Waals surface area contributed by atoms with Crippen molar-refractivity contribution in [3.63, 3.8) is 0 Å². The zero-order chi connectivity index (χ0) is 21.1. The Labute approximate surface area is 174 Å². The van der Waals surface area contributed by atoms with Gasteiger partial charge in [-0.1, -0.05) is 19.1 Å². The van der Waals surface area contributed by atoms with Crippen molar-refractivity contribution in [1.29, 1.82) is 0 Å². The van der Waals surface area contributed by atoms with Gasteiger partial charge in [-0.2, -0.15) is 0 Å². The zero-order valence-electron chi connectivity index (χ0n) is 17.3. The Bertz CT molecular complexity index is 1050. The maximum Gasteiger partial charge on any atom is 0.329 e. The summed E-state index contributed by atoms with van der Waals surface area (Å²) >= 11 is 1.41. The van der Waals surface area contributed by atoms with Crippen LogP contribution in [0.2, 0.25) is 0 Å². The molecular formula is C22H26N2O4S. The lowest BCUT2D eigenvalue weighted by Crippen LogP contribution is -2.31. The van der Waals surface area contributed by atoms with Crippen LogP contribution in [0.1, 0.15) is 47.1 Å². The third kappa shape index (κ3) is 4.50. The van der Waals surface area contributed by atoms with Gasteiger partial charge in [0.2, 0.25) is 0 Å². The number of ether oxygens (including phenoxy) is 2. The number of esters is 1. The molecule has 0 unspecified atom stereocenters. The fraction of sp³-hybridized carbons (Fsp3) is 0.409. The summed E-state index contributed by atoms with van der Waals surface area (Å²) in [6.45, 7) is 9.38. The van der Waals surface area contributed by atoms with Gasteiger partial charge in [0, 0.05) is 10.9 Å². The Morgan fingerprint density at radius 2 is 1.86 bits per heavy atom. The molecule has 2 aromatic heterocycles. The molecule has 154 valence electrons. The standard InChI is InChI=1S/C22H26N2O4S/c1-6-14(4)28-22(26)15(5)24-12-23-20-19(21(24)25)18(11-29-20)16-7-9-17(10-8-16)27-13(2)3/h7-15H,6H2,1-5H3/t14-,15-/m1/s1. The molecule has 7 heteroatoms. The van der Waals surface area contributed by atoms with Gasteiger partial charge in [0.05, 0.1) is 23.9 Å². The van der Waals surface area contributed by atoms with Crippen LogP contribution in [0.4, 0.5) is 0 Å². The van der Waals surface area contributed by atoms with Gasteiger partial charge in [0.15, 0.2) is 0 Å². The quantitative estimate of drug-likeness (QED) is 0.519. The topological polar surface area (TPSA) is 70.4 Å². The number of rotatable bonds is 7. The summed E-state index contributed by atoms with van der Waals surface area (Å²) in [5, 5.41) is 2.43. The minimum absolute atomic E-state index is 0.0934. The van der Waals surface area contributed by atoms with Crippen molar-refractivity contribution in [2.24, 2.45) is 0 Å². The van der Waals surface area contributed by atoms with Gasteiger partial charge in [-0.3, -0.25) is 9.36 Å². The molecule has 0 fully saturated rings. The molecule has 3 aromatic rings. The molecule has 2 atom stereocenters. The van der Waals surface area contributed by atoms with E-state index in [1.807, 2.05) is 57.3 Å². The highest BCUT2D eigenvalue weighted by Gasteiger charge is 2.22. The Hall–Kier alpha value is -2.67. The summed E-state index contributed by atoms with van der Waals surface area (Å²) in [6, 6.07) is 6.88. The van der Waals surface area contributed by atoms with Crippen molar-refractivity contribution in [3.8, 4) is 16.9 Å². The predicted molar refractivity (Wildman–Crippen MR) is 116 cm³/mol. The fourth-order valence-corrected chi connectivity index (χ4v) is 3.82. The second-order valence-corrected chi connectivity index (χ2v) is 8.17. The Morgan fingerprint density at radius 3 is 2.48 bits per heavy atom. The Balaban J connectivity index is 1.98. The van der Waals surface area contributed by atoms with Crippen LogP contribution in [0.5, 0.6) is 5.75 Å². The van der Waals surface area contributed by atoms with Gasteiger partial charge in [-0.15, -0.1) is 11.3 Å². The van der Waals surface area contributed by atoms with Crippen LogP contribution in [-0.4, -0.2) is 27.7 Å². The van der Waals surface area contributed by atoms with E-state index < -0.39 is 12.0 Å². The normalized spacial score (nSPS) is 13.4. The molecule has 0 amide bonds. The highest BCUT2D eigenvalue weighted by Crippen LogP contribution is 2.32. The average molecular weight is 415 g/mol. The molecule has 0 aliphatic carbocycles. The smallest absolute Gasteiger partial charge is 0.329 e. The van der Waals surface area contributed by atoms with E-state index in [-0.39, 0.29) is 17.8 Å². The molecule has 1 aromatic carbocycles. The SMILES string of the molecule is CC[C@@H](C)OC(=O)[C@@H](C)n1cnc2scc(-c3ccc(OC(C)C)cc3)c2c1=O. The first-order valence-corrected chi connectivity index (χ1v) is 10.7. The number of hydrogen-bond donors (Lipinski definition) is 0. The van der Waals surface area contributed by atoms with Crippen LogP contribution in [-0.2, 0) is 9.53 Å². The van der Waals surface area contributed by atoms with Crippen LogP contribution >= 0.6 is 11.3 Å². The van der Waals surface area contributed by atoms with E-state index in [1.165, 1.54) is 22.2 Å². The fourth-order valence-electron chi connectivity index (χ4n) is 2.91. The number of nitrogens with zero attached hydrogens (tertiary/aromatic N) is 2. The Kier molecular flexibility index (Phi) is 6.37. The van der Waals surface area contributed by atoms with Crippen molar-refractivity contribution in [2.45, 2.75) is 59.3 Å². The van der Waals surface area contributed by atoms with E-state index in [2.05, 4.69) is 4.98 Å². The van der Waals surface area contributed by atoms with E-state index in [9.17, 15) is 9.59 Å². The predicted octanol–water partition coefficient (Wildman–Crippen LogP) is 4.81. The molecule has 0 saturated carbocycles. The third-order valence-corrected chi connectivity index (χ3v) is 5.59. The summed E-state index contributed by atoms with van der Waals surface area (Å²) in [5.41, 5.74) is 1.46. The summed E-state index contributed by atoms with van der Waals surface area (Å²) in [4.78, 5) is 30.6. The first-order chi connectivity index (χ1) is 13.8. The van der Waals surface area contributed by atoms with Crippen molar-refractivity contribution >= 4 is 27.5 Å². The molecule has 3 rings (SSSR count). The zero-order valence-corrected chi connectivity index (χ0v) is 18.2. The van der Waals surface area contributed by atoms with Crippen molar-refractivity contribution < 1.29 is 14.3 Å². The first kappa shape index (κ1) is 21.0. The third-order valence-electron chi connectivity index (χ3n) is 4.71. The number of aromatic nitrogens is 2. The van der Waals surface area contributed by atoms with E-state index in [0.29, 0.717) is 10.2 Å². The molecule has 29 heavy (non-hydrogen) atoms. The number of carbonyl (C=O) groups is 1. The molecule has 0 aliphatic rings. The van der Waals surface area contributed by atoms with Gasteiger partial charge in [0.25, 0.3) is 5.56 Å². The monoisotopic (exact) mass is 414 g/mol. The molecule has 0 saturated heterocycles. The number of carbonyl (C=O) groups excluding carboxylic acids is 1. The van der Waals surface area contributed by atoms with Gasteiger partial charge < -0.3 is 9.47 Å². The van der Waals surface area contributed by atoms with Crippen molar-refractivity contribution in [2.75, 3.05) is 0 Å². The van der Waals surface area contributed by atoms with Crippen LogP contribution in [0.25, 0.3) is 21.3 Å². The molecule has 0 bridgehead atoms. The van der Waals surface area contributed by atoms with Crippen LogP contribution in [0, 0.1) is 0 Å². The van der Waals surface area contributed by atoms with E-state index in [0.717, 1.165) is 23.3 Å². The lowest BCUT2D eigenvalue weighted by molar-refractivity contribution is -0.152. The summed E-state index contributed by atoms with van der Waals surface area (Å²) < 4.78 is 12.4. The van der Waals surface area contributed by atoms with Crippen molar-refractivity contribution in [3.05, 3.63) is 46.3 Å². The number of hydrogen-bond acceptors (Lipinski definition) is 6. The highest BCUT2D eigenvalue weighted by atomic mass is 32.1. The number of benzene rings is 1. The molecule has 6 nitrogen and oxygen atoms in total. The molecule has 0 radical (unpaired) electrons. The van der Waals surface area contributed by atoms with E-state index in [1.54, 1.807) is 6.92 Å². The molecule has 0 spiro atoms. The van der Waals surface area contributed by atoms with E-state index >= 15 is 0 Å². The molecule has 0 aliphatic heterocycles. The number of thiophene rings is 1. The molecule has 0 N–H and O–H groups in total. The maximum atomic E-state index is 13.2.